The molecule has 180 valence electrons. The van der Waals surface area contributed by atoms with Crippen LogP contribution < -0.4 is 32.5 Å². The van der Waals surface area contributed by atoms with Gasteiger partial charge in [-0.1, -0.05) is 0 Å². The maximum Gasteiger partial charge on any atom is 3.00 e. The Morgan fingerprint density at radius 3 is 1.03 bits per heavy atom. The molecule has 3 heterocycles. The summed E-state index contributed by atoms with van der Waals surface area (Å²) in [4.78, 5) is 50.0. The molecular formula is C18H24GaN9O6. The second-order valence-corrected chi connectivity index (χ2v) is 6.57. The van der Waals surface area contributed by atoms with Crippen molar-refractivity contribution in [2.24, 2.45) is 17.2 Å². The number of carbonyl (C=O) groups is 3. The van der Waals surface area contributed by atoms with Crippen molar-refractivity contribution in [3.63, 3.8) is 0 Å². The molecule has 0 bridgehead atoms. The van der Waals surface area contributed by atoms with Gasteiger partial charge in [0.2, 0.25) is 0 Å². The van der Waals surface area contributed by atoms with Crippen molar-refractivity contribution in [1.29, 1.82) is 0 Å². The van der Waals surface area contributed by atoms with Crippen LogP contribution in [0.5, 0.6) is 0 Å². The zero-order valence-corrected chi connectivity index (χ0v) is 20.3. The summed E-state index contributed by atoms with van der Waals surface area (Å²) in [6.07, 6.45) is 9.81. The molecule has 3 aromatic heterocycles. The number of aromatic nitrogens is 6. The summed E-state index contributed by atoms with van der Waals surface area (Å²) >= 11 is 0. The van der Waals surface area contributed by atoms with Crippen LogP contribution in [-0.2, 0) is 33.6 Å². The van der Waals surface area contributed by atoms with E-state index in [9.17, 15) is 29.7 Å². The van der Waals surface area contributed by atoms with Gasteiger partial charge in [-0.15, -0.1) is 0 Å². The Balaban J connectivity index is 0.000000473. The smallest absolute Gasteiger partial charge is 0.548 e. The Bertz CT molecular complexity index is 827. The van der Waals surface area contributed by atoms with E-state index < -0.39 is 36.0 Å². The molecule has 0 saturated carbocycles. The number of aliphatic carboxylic acids is 3. The molecule has 3 rings (SSSR count). The summed E-state index contributed by atoms with van der Waals surface area (Å²) in [6, 6.07) is -2.92. The first-order chi connectivity index (χ1) is 15.6. The number of carbonyl (C=O) groups excluding carboxylic acids is 3. The number of aromatic amines is 3. The second-order valence-electron chi connectivity index (χ2n) is 6.57. The molecule has 0 radical (unpaired) electrons. The summed E-state index contributed by atoms with van der Waals surface area (Å²) in [6.45, 7) is 0. The van der Waals surface area contributed by atoms with Gasteiger partial charge in [-0.2, -0.15) is 0 Å². The Morgan fingerprint density at radius 2 is 0.882 bits per heavy atom. The molecule has 0 spiro atoms. The van der Waals surface area contributed by atoms with Gasteiger partial charge in [0.1, 0.15) is 0 Å². The molecule has 0 aromatic carbocycles. The zero-order chi connectivity index (χ0) is 24.8. The quantitative estimate of drug-likeness (QED) is 0.140. The van der Waals surface area contributed by atoms with E-state index in [2.05, 4.69) is 29.9 Å². The molecule has 9 N–H and O–H groups in total. The molecule has 0 aliphatic rings. The van der Waals surface area contributed by atoms with Crippen LogP contribution in [0.3, 0.4) is 0 Å². The van der Waals surface area contributed by atoms with Gasteiger partial charge >= 0.3 is 19.8 Å². The number of carboxylic acids is 3. The summed E-state index contributed by atoms with van der Waals surface area (Å²) in [5.74, 6) is -3.77. The predicted molar refractivity (Wildman–Crippen MR) is 112 cm³/mol. The van der Waals surface area contributed by atoms with E-state index in [4.69, 9.17) is 17.2 Å². The molecule has 3 aromatic rings. The van der Waals surface area contributed by atoms with E-state index >= 15 is 0 Å². The number of rotatable bonds is 9. The van der Waals surface area contributed by atoms with Crippen LogP contribution in [-0.4, -0.2) is 85.7 Å². The molecule has 0 fully saturated rings. The molecule has 16 heteroatoms. The molecule has 3 unspecified atom stereocenters. The third kappa shape index (κ3) is 12.6. The number of imidazole rings is 3. The third-order valence-electron chi connectivity index (χ3n) is 3.86. The first-order valence-electron chi connectivity index (χ1n) is 9.42. The second kappa shape index (κ2) is 16.2. The van der Waals surface area contributed by atoms with Crippen molar-refractivity contribution in [2.45, 2.75) is 37.4 Å². The van der Waals surface area contributed by atoms with Crippen molar-refractivity contribution >= 4 is 37.7 Å². The molecule has 0 aliphatic carbocycles. The summed E-state index contributed by atoms with van der Waals surface area (Å²) in [5, 5.41) is 30.5. The Labute approximate surface area is 206 Å². The van der Waals surface area contributed by atoms with Crippen molar-refractivity contribution in [2.75, 3.05) is 0 Å². The summed E-state index contributed by atoms with van der Waals surface area (Å²) in [7, 11) is 0. The molecule has 15 nitrogen and oxygen atoms in total. The van der Waals surface area contributed by atoms with Crippen LogP contribution in [0.25, 0.3) is 0 Å². The first-order valence-corrected chi connectivity index (χ1v) is 9.42. The van der Waals surface area contributed by atoms with E-state index in [1.165, 1.54) is 19.0 Å². The maximum atomic E-state index is 10.2. The van der Waals surface area contributed by atoms with Crippen LogP contribution in [0.15, 0.2) is 37.6 Å². The molecule has 34 heavy (non-hydrogen) atoms. The Hall–Kier alpha value is -3.44. The maximum absolute atomic E-state index is 10.2. The van der Waals surface area contributed by atoms with Crippen LogP contribution in [0.2, 0.25) is 0 Å². The van der Waals surface area contributed by atoms with Gasteiger partial charge < -0.3 is 61.9 Å². The van der Waals surface area contributed by atoms with Crippen LogP contribution in [0, 0.1) is 0 Å². The number of nitrogens with zero attached hydrogens (tertiary/aromatic N) is 3. The topological polar surface area (TPSA) is 284 Å². The molecule has 3 atom stereocenters. The largest absolute Gasteiger partial charge is 3.00 e. The van der Waals surface area contributed by atoms with Crippen molar-refractivity contribution < 1.29 is 29.7 Å². The van der Waals surface area contributed by atoms with E-state index in [0.29, 0.717) is 17.1 Å². The molecule has 0 saturated heterocycles. The van der Waals surface area contributed by atoms with Gasteiger partial charge in [0, 0.05) is 56.0 Å². The van der Waals surface area contributed by atoms with E-state index in [0.717, 1.165) is 0 Å². The van der Waals surface area contributed by atoms with Gasteiger partial charge in [-0.3, -0.25) is 0 Å². The number of nitrogens with one attached hydrogen (secondary N) is 3. The van der Waals surface area contributed by atoms with Gasteiger partial charge in [0.15, 0.2) is 0 Å². The van der Waals surface area contributed by atoms with E-state index in [1.54, 1.807) is 18.6 Å². The monoisotopic (exact) mass is 531 g/mol. The minimum absolute atomic E-state index is 0. The minimum atomic E-state index is -1.26. The van der Waals surface area contributed by atoms with E-state index in [1.807, 2.05) is 0 Å². The van der Waals surface area contributed by atoms with Gasteiger partial charge in [-0.25, -0.2) is 15.0 Å². The fraction of sp³-hybridized carbons (Fsp3) is 0.333. The number of hydrogen-bond donors (Lipinski definition) is 6. The van der Waals surface area contributed by atoms with Gasteiger partial charge in [-0.05, 0) is 0 Å². The fourth-order valence-corrected chi connectivity index (χ4v) is 2.13. The molecule has 0 aliphatic heterocycles. The summed E-state index contributed by atoms with van der Waals surface area (Å²) in [5.41, 5.74) is 17.5. The van der Waals surface area contributed by atoms with Crippen LogP contribution in [0.4, 0.5) is 0 Å². The van der Waals surface area contributed by atoms with Crippen molar-refractivity contribution in [3.8, 4) is 0 Å². The minimum Gasteiger partial charge on any atom is -0.548 e. The van der Waals surface area contributed by atoms with Gasteiger partial charge in [0.25, 0.3) is 0 Å². The van der Waals surface area contributed by atoms with Gasteiger partial charge in [0.05, 0.1) is 54.0 Å². The van der Waals surface area contributed by atoms with Crippen molar-refractivity contribution in [3.05, 3.63) is 54.7 Å². The average molecular weight is 532 g/mol. The first kappa shape index (κ1) is 30.6. The Kier molecular flexibility index (Phi) is 14.6. The molecular weight excluding hydrogens is 508 g/mol. The standard InChI is InChI=1S/3C6H9N3O2.Ga/c3*7-5(6(10)11)1-4-2-8-3-9-4;/h3*2-3,5H,1,7H2,(H,8,9)(H,10,11);/q;;;+3/p-3. The van der Waals surface area contributed by atoms with E-state index in [-0.39, 0.29) is 39.1 Å². The van der Waals surface area contributed by atoms with Crippen LogP contribution in [0.1, 0.15) is 17.1 Å². The molecule has 0 amide bonds. The predicted octanol–water partition coefficient (Wildman–Crippen LogP) is -6.29. The normalized spacial score (nSPS) is 12.4. The SMILES string of the molecule is NC(Cc1c[nH]cn1)C(=O)[O-].NC(Cc1c[nH]cn1)C(=O)[O-].NC(Cc1c[nH]cn1)C(=O)[O-].[Ga+3]. The number of H-pyrrole nitrogens is 3. The summed E-state index contributed by atoms with van der Waals surface area (Å²) < 4.78 is 0. The van der Waals surface area contributed by atoms with Crippen molar-refractivity contribution in [1.82, 2.24) is 29.9 Å². The number of carboxylic acid groups (broad SMARTS) is 3. The number of nitrogens with two attached hydrogens (primary N) is 3. The third-order valence-corrected chi connectivity index (χ3v) is 3.86. The Morgan fingerprint density at radius 1 is 0.647 bits per heavy atom. The fourth-order valence-electron chi connectivity index (χ4n) is 2.13. The number of hydrogen-bond acceptors (Lipinski definition) is 12. The van der Waals surface area contributed by atoms with Crippen LogP contribution >= 0.6 is 0 Å². The zero-order valence-electron chi connectivity index (χ0n) is 17.9. The average Bonchev–Trinajstić information content (AvgIpc) is 3.53.